The van der Waals surface area contributed by atoms with Crippen LogP contribution in [0.1, 0.15) is 59.3 Å². The molecule has 1 saturated heterocycles. The van der Waals surface area contributed by atoms with Crippen LogP contribution in [0.3, 0.4) is 0 Å². The van der Waals surface area contributed by atoms with E-state index in [-0.39, 0.29) is 0 Å². The normalized spacial score (nSPS) is 32.8. The molecule has 2 aromatic carbocycles. The predicted octanol–water partition coefficient (Wildman–Crippen LogP) is 8.29. The zero-order valence-corrected chi connectivity index (χ0v) is 22.5. The molecule has 2 saturated carbocycles. The van der Waals surface area contributed by atoms with Crippen molar-refractivity contribution in [1.82, 2.24) is 4.90 Å². The van der Waals surface area contributed by atoms with Crippen molar-refractivity contribution in [2.45, 2.75) is 80.9 Å². The van der Waals surface area contributed by atoms with Crippen molar-refractivity contribution in [3.05, 3.63) is 59.2 Å². The Balaban J connectivity index is 1.27. The molecule has 2 heterocycles. The Morgan fingerprint density at radius 3 is 2.71 bits per heavy atom. The third kappa shape index (κ3) is 3.94. The van der Waals surface area contributed by atoms with E-state index in [4.69, 9.17) is 0 Å². The molecule has 2 aliphatic heterocycles. The molecule has 0 N–H and O–H groups in total. The third-order valence-electron chi connectivity index (χ3n) is 8.69. The number of nitrogens with zero attached hydrogens (tertiary/aromatic N) is 2. The standard InChI is InChI=1S/C30H38N2S2/c1-4-31-27(33-25-16-14-21-10-6-8-12-23(21)29(25)31)18-20(3)19-28-32(5-2)30-24-13-9-7-11-22(24)15-17-26(30)34-28/h6,8,10,12,14,16,18-19,22,24,26,28,30H,4-5,7,9,11,13,15,17H2,1-3H3. The van der Waals surface area contributed by atoms with Crippen LogP contribution < -0.4 is 4.90 Å². The van der Waals surface area contributed by atoms with Gasteiger partial charge in [0, 0.05) is 28.1 Å². The second-order valence-electron chi connectivity index (χ2n) is 10.5. The van der Waals surface area contributed by atoms with Crippen LogP contribution >= 0.6 is 23.5 Å². The number of hydrogen-bond donors (Lipinski definition) is 0. The van der Waals surface area contributed by atoms with Gasteiger partial charge in [-0.1, -0.05) is 79.9 Å². The Kier molecular flexibility index (Phi) is 6.51. The van der Waals surface area contributed by atoms with E-state index in [0.717, 1.165) is 29.7 Å². The average Bonchev–Trinajstić information content (AvgIpc) is 3.40. The molecule has 0 aromatic heterocycles. The highest BCUT2D eigenvalue weighted by molar-refractivity contribution is 8.03. The first-order valence-corrected chi connectivity index (χ1v) is 15.2. The summed E-state index contributed by atoms with van der Waals surface area (Å²) < 4.78 is 0. The first-order valence-electron chi connectivity index (χ1n) is 13.5. The van der Waals surface area contributed by atoms with Gasteiger partial charge in [0.2, 0.25) is 0 Å². The summed E-state index contributed by atoms with van der Waals surface area (Å²) in [5, 5.41) is 5.44. The summed E-state index contributed by atoms with van der Waals surface area (Å²) >= 11 is 4.20. The Labute approximate surface area is 214 Å². The Bertz CT molecular complexity index is 1120. The lowest BCUT2D eigenvalue weighted by Crippen LogP contribution is -2.49. The monoisotopic (exact) mass is 490 g/mol. The molecule has 4 aliphatic rings. The van der Waals surface area contributed by atoms with Crippen molar-refractivity contribution < 1.29 is 0 Å². The summed E-state index contributed by atoms with van der Waals surface area (Å²) in [4.78, 5) is 6.77. The van der Waals surface area contributed by atoms with Crippen LogP contribution in [0.2, 0.25) is 0 Å². The molecule has 0 spiro atoms. The molecule has 2 aromatic rings. The fraction of sp³-hybridized carbons (Fsp3) is 0.533. The number of benzene rings is 2. The highest BCUT2D eigenvalue weighted by atomic mass is 32.2. The lowest BCUT2D eigenvalue weighted by Gasteiger charge is -2.45. The first-order chi connectivity index (χ1) is 16.7. The van der Waals surface area contributed by atoms with E-state index in [0.29, 0.717) is 5.37 Å². The lowest BCUT2D eigenvalue weighted by molar-refractivity contribution is 0.0612. The van der Waals surface area contributed by atoms with Crippen LogP contribution in [0.5, 0.6) is 0 Å². The number of rotatable bonds is 4. The fourth-order valence-electron chi connectivity index (χ4n) is 7.19. The minimum atomic E-state index is 0.530. The number of allylic oxidation sites excluding steroid dienone is 2. The van der Waals surface area contributed by atoms with Crippen molar-refractivity contribution in [2.24, 2.45) is 11.8 Å². The first kappa shape index (κ1) is 23.1. The number of anilines is 1. The zero-order chi connectivity index (χ0) is 23.2. The van der Waals surface area contributed by atoms with E-state index in [9.17, 15) is 0 Å². The summed E-state index contributed by atoms with van der Waals surface area (Å²) in [6.45, 7) is 9.16. The maximum absolute atomic E-state index is 2.86. The van der Waals surface area contributed by atoms with Gasteiger partial charge in [0.05, 0.1) is 16.1 Å². The topological polar surface area (TPSA) is 6.48 Å². The largest absolute Gasteiger partial charge is 0.335 e. The highest BCUT2D eigenvalue weighted by Crippen LogP contribution is 2.52. The zero-order valence-electron chi connectivity index (χ0n) is 20.9. The van der Waals surface area contributed by atoms with Crippen LogP contribution in [-0.2, 0) is 0 Å². The van der Waals surface area contributed by atoms with Crippen LogP contribution in [0, 0.1) is 11.8 Å². The van der Waals surface area contributed by atoms with Crippen molar-refractivity contribution in [2.75, 3.05) is 18.0 Å². The van der Waals surface area contributed by atoms with Crippen LogP contribution in [0.4, 0.5) is 5.69 Å². The van der Waals surface area contributed by atoms with Gasteiger partial charge in [0.25, 0.3) is 0 Å². The van der Waals surface area contributed by atoms with E-state index in [1.807, 2.05) is 11.8 Å². The Morgan fingerprint density at radius 2 is 1.85 bits per heavy atom. The second-order valence-corrected chi connectivity index (χ2v) is 13.0. The molecule has 3 fully saturated rings. The van der Waals surface area contributed by atoms with Crippen molar-refractivity contribution in [3.8, 4) is 0 Å². The fourth-order valence-corrected chi connectivity index (χ4v) is 10.3. The van der Waals surface area contributed by atoms with Gasteiger partial charge >= 0.3 is 0 Å². The molecular weight excluding hydrogens is 452 g/mol. The van der Waals surface area contributed by atoms with E-state index >= 15 is 0 Å². The summed E-state index contributed by atoms with van der Waals surface area (Å²) in [6.07, 6.45) is 13.8. The third-order valence-corrected chi connectivity index (χ3v) is 11.3. The van der Waals surface area contributed by atoms with E-state index < -0.39 is 0 Å². The van der Waals surface area contributed by atoms with Crippen LogP contribution in [0.15, 0.2) is 64.0 Å². The number of likely N-dealkylation sites (N-methyl/N-ethyl adjacent to an activating group) is 1. The maximum atomic E-state index is 2.86. The summed E-state index contributed by atoms with van der Waals surface area (Å²) in [5.41, 5.74) is 2.80. The van der Waals surface area contributed by atoms with Crippen molar-refractivity contribution >= 4 is 40.0 Å². The molecular formula is C30H38N2S2. The number of thioether (sulfide) groups is 2. The lowest BCUT2D eigenvalue weighted by atomic mass is 9.68. The Morgan fingerprint density at radius 1 is 1.00 bits per heavy atom. The van der Waals surface area contributed by atoms with Gasteiger partial charge < -0.3 is 4.90 Å². The molecule has 5 atom stereocenters. The average molecular weight is 491 g/mol. The second kappa shape index (κ2) is 9.59. The van der Waals surface area contributed by atoms with E-state index in [1.54, 1.807) is 0 Å². The van der Waals surface area contributed by atoms with Crippen molar-refractivity contribution in [3.63, 3.8) is 0 Å². The van der Waals surface area contributed by atoms with E-state index in [2.05, 4.69) is 90.9 Å². The minimum absolute atomic E-state index is 0.530. The summed E-state index contributed by atoms with van der Waals surface area (Å²) in [5.74, 6) is 1.94. The van der Waals surface area contributed by atoms with Gasteiger partial charge in [-0.05, 0) is 69.0 Å². The Hall–Kier alpha value is -1.36. The molecule has 2 nitrogen and oxygen atoms in total. The molecule has 4 heteroatoms. The molecule has 0 bridgehead atoms. The number of fused-ring (bicyclic) bond motifs is 6. The maximum Gasteiger partial charge on any atom is 0.0804 e. The summed E-state index contributed by atoms with van der Waals surface area (Å²) in [7, 11) is 0. The van der Waals surface area contributed by atoms with Gasteiger partial charge in [-0.25, -0.2) is 0 Å². The predicted molar refractivity (Wildman–Crippen MR) is 151 cm³/mol. The van der Waals surface area contributed by atoms with Gasteiger partial charge in [-0.2, -0.15) is 0 Å². The van der Waals surface area contributed by atoms with Crippen molar-refractivity contribution in [1.29, 1.82) is 0 Å². The minimum Gasteiger partial charge on any atom is -0.335 e. The molecule has 6 rings (SSSR count). The van der Waals surface area contributed by atoms with Crippen LogP contribution in [-0.4, -0.2) is 34.7 Å². The summed E-state index contributed by atoms with van der Waals surface area (Å²) in [6, 6.07) is 14.2. The molecule has 5 unspecified atom stereocenters. The molecule has 0 radical (unpaired) electrons. The number of hydrogen-bond acceptors (Lipinski definition) is 4. The molecule has 180 valence electrons. The van der Waals surface area contributed by atoms with E-state index in [1.165, 1.54) is 77.0 Å². The van der Waals surface area contributed by atoms with Gasteiger partial charge in [0.15, 0.2) is 0 Å². The van der Waals surface area contributed by atoms with Gasteiger partial charge in [0.1, 0.15) is 0 Å². The van der Waals surface area contributed by atoms with Gasteiger partial charge in [-0.3, -0.25) is 4.90 Å². The molecule has 2 aliphatic carbocycles. The SMILES string of the molecule is CCN1C(=CC(C)=CC2SC3CCC4CCCCC4C3N2CC)Sc2ccc3ccccc3c21. The highest BCUT2D eigenvalue weighted by Gasteiger charge is 2.49. The molecule has 34 heavy (non-hydrogen) atoms. The quantitative estimate of drug-likeness (QED) is 0.425. The van der Waals surface area contributed by atoms with Crippen LogP contribution in [0.25, 0.3) is 10.8 Å². The smallest absolute Gasteiger partial charge is 0.0804 e. The van der Waals surface area contributed by atoms with Gasteiger partial charge in [-0.15, -0.1) is 11.8 Å². The molecule has 0 amide bonds.